The van der Waals surface area contributed by atoms with E-state index in [0.29, 0.717) is 13.2 Å². The maximum Gasteiger partial charge on any atom is 0.119 e. The normalized spacial score (nSPS) is 20.2. The summed E-state index contributed by atoms with van der Waals surface area (Å²) in [5.74, 6) is 0.881. The van der Waals surface area contributed by atoms with E-state index in [2.05, 4.69) is 17.4 Å². The maximum absolute atomic E-state index is 5.58. The molecule has 0 spiro atoms. The number of nitrogens with one attached hydrogen (secondary N) is 1. The largest absolute Gasteiger partial charge is 0.491 e. The van der Waals surface area contributed by atoms with Crippen LogP contribution >= 0.6 is 0 Å². The van der Waals surface area contributed by atoms with Gasteiger partial charge in [0, 0.05) is 13.7 Å². The molecule has 1 N–H and O–H groups in total. The van der Waals surface area contributed by atoms with Crippen molar-refractivity contribution in [2.24, 2.45) is 0 Å². The molecule has 17 heavy (non-hydrogen) atoms. The van der Waals surface area contributed by atoms with Gasteiger partial charge < -0.3 is 19.5 Å². The van der Waals surface area contributed by atoms with Crippen molar-refractivity contribution in [3.8, 4) is 5.75 Å². The molecule has 4 heteroatoms. The Labute approximate surface area is 102 Å². The van der Waals surface area contributed by atoms with Crippen LogP contribution in [0.5, 0.6) is 5.75 Å². The van der Waals surface area contributed by atoms with E-state index in [4.69, 9.17) is 14.2 Å². The van der Waals surface area contributed by atoms with Crippen LogP contribution < -0.4 is 10.1 Å². The molecule has 1 saturated heterocycles. The minimum absolute atomic E-state index is 0.273. The van der Waals surface area contributed by atoms with Gasteiger partial charge in [-0.3, -0.25) is 0 Å². The van der Waals surface area contributed by atoms with Crippen LogP contribution in [0.15, 0.2) is 24.3 Å². The van der Waals surface area contributed by atoms with E-state index in [1.54, 1.807) is 7.11 Å². The summed E-state index contributed by atoms with van der Waals surface area (Å²) in [5.41, 5.74) is 1.21. The van der Waals surface area contributed by atoms with Crippen LogP contribution in [-0.4, -0.2) is 40.1 Å². The zero-order valence-corrected chi connectivity index (χ0v) is 10.1. The molecule has 1 aliphatic rings. The molecule has 1 aliphatic heterocycles. The average molecular weight is 237 g/mol. The van der Waals surface area contributed by atoms with Crippen molar-refractivity contribution in [3.05, 3.63) is 29.8 Å². The van der Waals surface area contributed by atoms with Gasteiger partial charge in [0.25, 0.3) is 0 Å². The van der Waals surface area contributed by atoms with Gasteiger partial charge in [0.15, 0.2) is 0 Å². The van der Waals surface area contributed by atoms with Crippen molar-refractivity contribution >= 4 is 0 Å². The lowest BCUT2D eigenvalue weighted by Crippen LogP contribution is -2.34. The molecule has 4 nitrogen and oxygen atoms in total. The lowest BCUT2D eigenvalue weighted by Gasteiger charge is -2.24. The van der Waals surface area contributed by atoms with Crippen LogP contribution in [0.4, 0.5) is 0 Å². The molecule has 0 bridgehead atoms. The molecule has 1 unspecified atom stereocenters. The van der Waals surface area contributed by atoms with E-state index < -0.39 is 0 Å². The lowest BCUT2D eigenvalue weighted by molar-refractivity contribution is 0.0767. The van der Waals surface area contributed by atoms with Crippen molar-refractivity contribution in [1.82, 2.24) is 5.32 Å². The van der Waals surface area contributed by atoms with Crippen molar-refractivity contribution in [2.45, 2.75) is 6.04 Å². The number of hydrogen-bond acceptors (Lipinski definition) is 4. The standard InChI is InChI=1S/C13H19NO3/c1-15-7-8-17-12-4-2-3-11(9-12)13-10-16-6-5-14-13/h2-4,9,13-14H,5-8,10H2,1H3. The number of benzene rings is 1. The summed E-state index contributed by atoms with van der Waals surface area (Å²) >= 11 is 0. The first-order chi connectivity index (χ1) is 8.40. The third-order valence-electron chi connectivity index (χ3n) is 2.74. The third kappa shape index (κ3) is 3.70. The summed E-state index contributed by atoms with van der Waals surface area (Å²) < 4.78 is 16.0. The monoisotopic (exact) mass is 237 g/mol. The number of morpholine rings is 1. The van der Waals surface area contributed by atoms with Crippen LogP contribution in [0.1, 0.15) is 11.6 Å². The first kappa shape index (κ1) is 12.4. The molecule has 1 heterocycles. The van der Waals surface area contributed by atoms with Gasteiger partial charge in [-0.15, -0.1) is 0 Å². The predicted octanol–water partition coefficient (Wildman–Crippen LogP) is 1.37. The molecule has 2 rings (SSSR count). The topological polar surface area (TPSA) is 39.7 Å². The lowest BCUT2D eigenvalue weighted by atomic mass is 10.1. The first-order valence-electron chi connectivity index (χ1n) is 5.93. The van der Waals surface area contributed by atoms with Crippen molar-refractivity contribution < 1.29 is 14.2 Å². The zero-order valence-electron chi connectivity index (χ0n) is 10.1. The second kappa shape index (κ2) is 6.59. The van der Waals surface area contributed by atoms with E-state index in [1.165, 1.54) is 5.56 Å². The van der Waals surface area contributed by atoms with E-state index >= 15 is 0 Å². The molecule has 1 aromatic rings. The van der Waals surface area contributed by atoms with E-state index in [0.717, 1.165) is 25.5 Å². The van der Waals surface area contributed by atoms with Gasteiger partial charge in [-0.25, -0.2) is 0 Å². The second-order valence-electron chi connectivity index (χ2n) is 4.00. The first-order valence-corrected chi connectivity index (χ1v) is 5.93. The number of ether oxygens (including phenoxy) is 3. The molecule has 1 fully saturated rings. The molecule has 0 saturated carbocycles. The highest BCUT2D eigenvalue weighted by molar-refractivity contribution is 5.30. The third-order valence-corrected chi connectivity index (χ3v) is 2.74. The highest BCUT2D eigenvalue weighted by Crippen LogP contribution is 2.20. The summed E-state index contributed by atoms with van der Waals surface area (Å²) in [5, 5.41) is 3.42. The Kier molecular flexibility index (Phi) is 4.79. The van der Waals surface area contributed by atoms with Gasteiger partial charge in [-0.05, 0) is 17.7 Å². The predicted molar refractivity (Wildman–Crippen MR) is 65.4 cm³/mol. The fourth-order valence-electron chi connectivity index (χ4n) is 1.84. The second-order valence-corrected chi connectivity index (χ2v) is 4.00. The van der Waals surface area contributed by atoms with Crippen LogP contribution in [0, 0.1) is 0 Å². The molecule has 0 amide bonds. The minimum Gasteiger partial charge on any atom is -0.491 e. The van der Waals surface area contributed by atoms with Gasteiger partial charge >= 0.3 is 0 Å². The maximum atomic E-state index is 5.58. The van der Waals surface area contributed by atoms with Crippen molar-refractivity contribution in [2.75, 3.05) is 40.1 Å². The van der Waals surface area contributed by atoms with Crippen molar-refractivity contribution in [1.29, 1.82) is 0 Å². The molecule has 1 aromatic carbocycles. The highest BCUT2D eigenvalue weighted by Gasteiger charge is 2.15. The van der Waals surface area contributed by atoms with Gasteiger partial charge in [-0.2, -0.15) is 0 Å². The number of hydrogen-bond donors (Lipinski definition) is 1. The van der Waals surface area contributed by atoms with Crippen molar-refractivity contribution in [3.63, 3.8) is 0 Å². The Morgan fingerprint density at radius 1 is 1.41 bits per heavy atom. The molecule has 94 valence electrons. The van der Waals surface area contributed by atoms with Gasteiger partial charge in [0.2, 0.25) is 0 Å². The molecular weight excluding hydrogens is 218 g/mol. The Hall–Kier alpha value is -1.10. The smallest absolute Gasteiger partial charge is 0.119 e. The molecule has 0 radical (unpaired) electrons. The summed E-state index contributed by atoms with van der Waals surface area (Å²) in [6, 6.07) is 8.39. The van der Waals surface area contributed by atoms with Crippen LogP contribution in [0.3, 0.4) is 0 Å². The van der Waals surface area contributed by atoms with E-state index in [9.17, 15) is 0 Å². The van der Waals surface area contributed by atoms with Crippen LogP contribution in [0.25, 0.3) is 0 Å². The summed E-state index contributed by atoms with van der Waals surface area (Å²) in [6.07, 6.45) is 0. The van der Waals surface area contributed by atoms with E-state index in [1.807, 2.05) is 12.1 Å². The highest BCUT2D eigenvalue weighted by atomic mass is 16.5. The van der Waals surface area contributed by atoms with Crippen LogP contribution in [-0.2, 0) is 9.47 Å². The summed E-state index contributed by atoms with van der Waals surface area (Å²) in [7, 11) is 1.67. The Balaban J connectivity index is 1.95. The molecule has 1 atom stereocenters. The average Bonchev–Trinajstić information content (AvgIpc) is 2.41. The quantitative estimate of drug-likeness (QED) is 0.785. The van der Waals surface area contributed by atoms with E-state index in [-0.39, 0.29) is 6.04 Å². The Bertz CT molecular complexity index is 337. The Morgan fingerprint density at radius 2 is 2.35 bits per heavy atom. The van der Waals surface area contributed by atoms with Gasteiger partial charge in [0.1, 0.15) is 12.4 Å². The number of rotatable bonds is 5. The fraction of sp³-hybridized carbons (Fsp3) is 0.538. The number of methoxy groups -OCH3 is 1. The Morgan fingerprint density at radius 3 is 3.12 bits per heavy atom. The van der Waals surface area contributed by atoms with Gasteiger partial charge in [0.05, 0.1) is 25.9 Å². The minimum atomic E-state index is 0.273. The summed E-state index contributed by atoms with van der Waals surface area (Å²) in [6.45, 7) is 3.60. The van der Waals surface area contributed by atoms with Crippen LogP contribution in [0.2, 0.25) is 0 Å². The fourth-order valence-corrected chi connectivity index (χ4v) is 1.84. The van der Waals surface area contributed by atoms with Gasteiger partial charge in [-0.1, -0.05) is 12.1 Å². The molecule has 0 aromatic heterocycles. The molecule has 0 aliphatic carbocycles. The summed E-state index contributed by atoms with van der Waals surface area (Å²) in [4.78, 5) is 0. The molecular formula is C13H19NO3. The zero-order chi connectivity index (χ0) is 11.9. The SMILES string of the molecule is COCCOc1cccc(C2COCCN2)c1.